The molecule has 6 heterocycles. The Hall–Kier alpha value is -5.70. The predicted octanol–water partition coefficient (Wildman–Crippen LogP) is 10.2. The zero-order valence-electron chi connectivity index (χ0n) is 31.0. The van der Waals surface area contributed by atoms with Crippen molar-refractivity contribution in [3.8, 4) is 0 Å². The lowest BCUT2D eigenvalue weighted by Gasteiger charge is -2.21. The molecule has 4 aromatic carbocycles. The Bertz CT molecular complexity index is 2340. The molecule has 10 rings (SSSR count). The maximum absolute atomic E-state index is 5.27. The van der Waals surface area contributed by atoms with Crippen LogP contribution in [-0.2, 0) is 0 Å². The van der Waals surface area contributed by atoms with Gasteiger partial charge in [0.05, 0.1) is 0 Å². The summed E-state index contributed by atoms with van der Waals surface area (Å²) in [6.07, 6.45) is -0.275. The summed E-state index contributed by atoms with van der Waals surface area (Å²) in [4.78, 5) is 31.1. The van der Waals surface area contributed by atoms with E-state index in [2.05, 4.69) is 64.6 Å². The smallest absolute Gasteiger partial charge is 0.164 e. The van der Waals surface area contributed by atoms with Crippen molar-refractivity contribution >= 4 is 64.9 Å². The summed E-state index contributed by atoms with van der Waals surface area (Å²) in [7, 11) is 0. The van der Waals surface area contributed by atoms with Gasteiger partial charge in [0.25, 0.3) is 0 Å². The van der Waals surface area contributed by atoms with Crippen LogP contribution in [0, 0.1) is 0 Å². The van der Waals surface area contributed by atoms with E-state index in [0.29, 0.717) is 23.3 Å². The van der Waals surface area contributed by atoms with Crippen molar-refractivity contribution in [1.82, 2.24) is 9.13 Å². The second-order valence-electron chi connectivity index (χ2n) is 10.8. The normalized spacial score (nSPS) is 14.5. The summed E-state index contributed by atoms with van der Waals surface area (Å²) >= 11 is 0. The van der Waals surface area contributed by atoms with E-state index in [0.717, 1.165) is 66.4 Å². The number of benzene rings is 4. The van der Waals surface area contributed by atoms with Gasteiger partial charge in [0.2, 0.25) is 0 Å². The molecule has 4 aliphatic rings. The highest BCUT2D eigenvalue weighted by Gasteiger charge is 2.31. The SMILES string of the molecule is C.CC.CC.CC.CC.CC1n2c3c4ccccc4c2N=C2N=C(N=c4c5ccccc5c(n41)=NC1=NC(=N3)c3ccccc31)c1ccccc12.[2HH].[B]. The summed E-state index contributed by atoms with van der Waals surface area (Å²) in [5.41, 5.74) is 5.44. The molecular weight excluding hydrogens is 639 g/mol. The van der Waals surface area contributed by atoms with Crippen LogP contribution in [-0.4, -0.2) is 40.9 Å². The molecule has 4 aliphatic heterocycles. The van der Waals surface area contributed by atoms with Gasteiger partial charge in [-0.15, -0.1) is 0 Å². The van der Waals surface area contributed by atoms with Crippen molar-refractivity contribution in [2.45, 2.75) is 75.9 Å². The molecule has 0 saturated carbocycles. The highest BCUT2D eigenvalue weighted by molar-refractivity contribution is 6.25. The van der Waals surface area contributed by atoms with Gasteiger partial charge in [0.15, 0.2) is 23.3 Å². The number of amidine groups is 4. The van der Waals surface area contributed by atoms with Gasteiger partial charge in [-0.2, -0.15) is 0 Å². The molecule has 6 bridgehead atoms. The van der Waals surface area contributed by atoms with Crippen LogP contribution in [0.25, 0.3) is 21.5 Å². The maximum atomic E-state index is 5.27. The molecule has 265 valence electrons. The van der Waals surface area contributed by atoms with Crippen LogP contribution in [0.1, 0.15) is 99.6 Å². The van der Waals surface area contributed by atoms with E-state index < -0.39 is 0 Å². The van der Waals surface area contributed by atoms with Gasteiger partial charge in [-0.25, -0.2) is 30.0 Å². The topological polar surface area (TPSA) is 84.0 Å². The number of hydrogen-bond donors (Lipinski definition) is 0. The van der Waals surface area contributed by atoms with Crippen molar-refractivity contribution < 1.29 is 1.43 Å². The number of hydrogen-bond acceptors (Lipinski definition) is 6. The molecule has 8 nitrogen and oxygen atoms in total. The average molecular weight is 691 g/mol. The molecule has 0 amide bonds. The first kappa shape index (κ1) is 39.1. The summed E-state index contributed by atoms with van der Waals surface area (Å²) in [6.45, 7) is 18.2. The molecule has 1 unspecified atom stereocenters. The fraction of sp³-hybridized carbons (Fsp3) is 0.256. The minimum Gasteiger partial charge on any atom is -0.288 e. The first-order valence-electron chi connectivity index (χ1n) is 18.0. The molecular formula is C43H50BN8. The minimum absolute atomic E-state index is 0. The molecule has 0 spiro atoms. The van der Waals surface area contributed by atoms with E-state index >= 15 is 0 Å². The van der Waals surface area contributed by atoms with Gasteiger partial charge in [0, 0.05) is 53.6 Å². The molecule has 6 aromatic rings. The van der Waals surface area contributed by atoms with Crippen molar-refractivity contribution in [3.05, 3.63) is 130 Å². The van der Waals surface area contributed by atoms with Gasteiger partial charge in [-0.05, 0) is 6.92 Å². The van der Waals surface area contributed by atoms with Crippen LogP contribution in [0.4, 0.5) is 11.6 Å². The molecule has 0 N–H and O–H groups in total. The van der Waals surface area contributed by atoms with E-state index in [4.69, 9.17) is 30.0 Å². The third kappa shape index (κ3) is 5.94. The summed E-state index contributed by atoms with van der Waals surface area (Å²) in [5, 5.41) is 4.00. The van der Waals surface area contributed by atoms with Crippen molar-refractivity contribution in [1.29, 1.82) is 0 Å². The predicted molar refractivity (Wildman–Crippen MR) is 225 cm³/mol. The molecule has 9 heteroatoms. The average Bonchev–Trinajstić information content (AvgIpc) is 3.91. The molecule has 52 heavy (non-hydrogen) atoms. The molecule has 0 saturated heterocycles. The number of fused-ring (bicyclic) bond motifs is 14. The quantitative estimate of drug-likeness (QED) is 0.142. The first-order chi connectivity index (χ1) is 24.7. The Kier molecular flexibility index (Phi) is 12.4. The fourth-order valence-electron chi connectivity index (χ4n) is 6.68. The van der Waals surface area contributed by atoms with E-state index in [1.54, 1.807) is 0 Å². The van der Waals surface area contributed by atoms with Crippen LogP contribution in [0.5, 0.6) is 0 Å². The number of rotatable bonds is 0. The van der Waals surface area contributed by atoms with Crippen LogP contribution >= 0.6 is 0 Å². The van der Waals surface area contributed by atoms with Gasteiger partial charge < -0.3 is 0 Å². The Morgan fingerprint density at radius 3 is 1.04 bits per heavy atom. The second-order valence-corrected chi connectivity index (χ2v) is 10.8. The molecule has 1 atom stereocenters. The molecule has 0 aliphatic carbocycles. The monoisotopic (exact) mass is 690 g/mol. The van der Waals surface area contributed by atoms with Gasteiger partial charge in [-0.3, -0.25) is 9.13 Å². The number of nitrogens with zero attached hydrogens (tertiary/aromatic N) is 8. The lowest BCUT2D eigenvalue weighted by molar-refractivity contribution is 0.454. The summed E-state index contributed by atoms with van der Waals surface area (Å²) < 4.78 is 4.40. The summed E-state index contributed by atoms with van der Waals surface area (Å²) in [6, 6.07) is 33.0. The minimum atomic E-state index is -0.275. The van der Waals surface area contributed by atoms with Crippen molar-refractivity contribution in [2.24, 2.45) is 30.0 Å². The zero-order chi connectivity index (χ0) is 35.5. The Morgan fingerprint density at radius 1 is 0.404 bits per heavy atom. The van der Waals surface area contributed by atoms with E-state index in [-0.39, 0.29) is 23.4 Å². The van der Waals surface area contributed by atoms with Crippen LogP contribution < -0.4 is 11.0 Å². The first-order valence-corrected chi connectivity index (χ1v) is 18.0. The Labute approximate surface area is 310 Å². The number of aliphatic imine (C=N–C) groups is 4. The lowest BCUT2D eigenvalue weighted by Crippen LogP contribution is -2.35. The second kappa shape index (κ2) is 16.5. The highest BCUT2D eigenvalue weighted by Crippen LogP contribution is 2.43. The maximum Gasteiger partial charge on any atom is 0.164 e. The summed E-state index contributed by atoms with van der Waals surface area (Å²) in [5.74, 6) is 4.17. The third-order valence-electron chi connectivity index (χ3n) is 8.57. The highest BCUT2D eigenvalue weighted by atomic mass is 15.3. The standard InChI is InChI=1S/C34H20N8.4C2H6.CH4.B.H2/c1-18-41-31-23-14-6-7-15-24(23)33(41)39-29-21-12-4-5-13-22(21)30(36-29)40-34-26-17-9-8-16-25(26)32(42(18)34)38-28-20-11-3-2-10-19(20)27(35-28)37-31;4*1-2;;;/h2-18H,1H3;4*1-2H3;1H4;;1H/i;;;;;;;1+1. The zero-order valence-corrected chi connectivity index (χ0v) is 31.0. The Morgan fingerprint density at radius 2 is 0.692 bits per heavy atom. The largest absolute Gasteiger partial charge is 0.288 e. The fourth-order valence-corrected chi connectivity index (χ4v) is 6.68. The van der Waals surface area contributed by atoms with Crippen molar-refractivity contribution in [3.63, 3.8) is 0 Å². The van der Waals surface area contributed by atoms with Crippen LogP contribution in [0.3, 0.4) is 0 Å². The molecule has 0 fully saturated rings. The van der Waals surface area contributed by atoms with E-state index in [1.165, 1.54) is 0 Å². The molecule has 3 radical (unpaired) electrons. The van der Waals surface area contributed by atoms with E-state index in [9.17, 15) is 0 Å². The van der Waals surface area contributed by atoms with Crippen LogP contribution in [0.2, 0.25) is 0 Å². The van der Waals surface area contributed by atoms with Crippen LogP contribution in [0.15, 0.2) is 127 Å². The van der Waals surface area contributed by atoms with Gasteiger partial charge >= 0.3 is 0 Å². The molecule has 2 aromatic heterocycles. The van der Waals surface area contributed by atoms with Gasteiger partial charge in [-0.1, -0.05) is 160 Å². The lowest BCUT2D eigenvalue weighted by atomic mass is 10.1. The number of aromatic nitrogens is 2. The third-order valence-corrected chi connectivity index (χ3v) is 8.57. The van der Waals surface area contributed by atoms with Gasteiger partial charge in [0.1, 0.15) is 28.8 Å². The van der Waals surface area contributed by atoms with Crippen molar-refractivity contribution in [2.75, 3.05) is 0 Å². The van der Waals surface area contributed by atoms with E-state index in [1.807, 2.05) is 104 Å². The Balaban J connectivity index is 0.000000648.